The van der Waals surface area contributed by atoms with Crippen LogP contribution in [0.5, 0.6) is 0 Å². The minimum absolute atomic E-state index is 0.768. The Hall–Kier alpha value is -2.44. The van der Waals surface area contributed by atoms with Crippen LogP contribution < -0.4 is 0 Å². The third-order valence-electron chi connectivity index (χ3n) is 3.70. The maximum atomic E-state index is 4.43. The molecule has 0 fully saturated rings. The number of aryl methyl sites for hydroxylation is 1. The predicted molar refractivity (Wildman–Crippen MR) is 98.2 cm³/mol. The maximum Gasteiger partial charge on any atom is 0.173 e. The van der Waals surface area contributed by atoms with Crippen molar-refractivity contribution < 1.29 is 0 Å². The quantitative estimate of drug-likeness (QED) is 0.539. The van der Waals surface area contributed by atoms with Gasteiger partial charge in [0.25, 0.3) is 0 Å². The molecule has 0 bridgehead atoms. The molecule has 0 radical (unpaired) electrons. The highest BCUT2D eigenvalue weighted by Gasteiger charge is 2.11. The van der Waals surface area contributed by atoms with E-state index < -0.39 is 0 Å². The molecule has 0 amide bonds. The molecule has 4 nitrogen and oxygen atoms in total. The molecule has 4 aromatic rings. The molecule has 0 N–H and O–H groups in total. The fourth-order valence-electron chi connectivity index (χ4n) is 2.51. The average Bonchev–Trinajstić information content (AvgIpc) is 3.25. The molecule has 24 heavy (non-hydrogen) atoms. The van der Waals surface area contributed by atoms with Crippen molar-refractivity contribution in [2.45, 2.75) is 13.3 Å². The first-order valence-corrected chi connectivity index (χ1v) is 9.10. The van der Waals surface area contributed by atoms with Crippen LogP contribution in [0.25, 0.3) is 21.8 Å². The predicted octanol–water partition coefficient (Wildman–Crippen LogP) is 4.62. The minimum Gasteiger partial charge on any atom is -0.220 e. The molecular weight excluding hydrogens is 336 g/mol. The maximum absolute atomic E-state index is 4.43. The second kappa shape index (κ2) is 6.59. The van der Waals surface area contributed by atoms with Gasteiger partial charge in [0.1, 0.15) is 5.01 Å². The summed E-state index contributed by atoms with van der Waals surface area (Å²) >= 11 is 2.87. The van der Waals surface area contributed by atoms with Crippen LogP contribution in [0.3, 0.4) is 0 Å². The molecule has 0 aliphatic rings. The average molecular weight is 350 g/mol. The van der Waals surface area contributed by atoms with Gasteiger partial charge in [-0.2, -0.15) is 4.37 Å². The summed E-state index contributed by atoms with van der Waals surface area (Å²) in [6.45, 7) is 1.97. The van der Waals surface area contributed by atoms with E-state index >= 15 is 0 Å². The van der Waals surface area contributed by atoms with E-state index in [1.54, 1.807) is 0 Å². The summed E-state index contributed by atoms with van der Waals surface area (Å²) in [6, 6.07) is 18.6. The van der Waals surface area contributed by atoms with Crippen LogP contribution in [-0.4, -0.2) is 18.9 Å². The third kappa shape index (κ3) is 3.11. The van der Waals surface area contributed by atoms with Crippen molar-refractivity contribution in [2.75, 3.05) is 0 Å². The number of hydrogen-bond acceptors (Lipinski definition) is 6. The molecular formula is C18H14N4S2. The van der Waals surface area contributed by atoms with E-state index in [9.17, 15) is 0 Å². The molecule has 2 aromatic heterocycles. The van der Waals surface area contributed by atoms with Gasteiger partial charge in [-0.05, 0) is 41.1 Å². The van der Waals surface area contributed by atoms with Gasteiger partial charge in [0.15, 0.2) is 5.82 Å². The van der Waals surface area contributed by atoms with Gasteiger partial charge in [-0.1, -0.05) is 59.1 Å². The zero-order chi connectivity index (χ0) is 16.4. The van der Waals surface area contributed by atoms with E-state index in [4.69, 9.17) is 0 Å². The van der Waals surface area contributed by atoms with Crippen LogP contribution in [0, 0.1) is 6.92 Å². The first-order chi connectivity index (χ1) is 11.8. The van der Waals surface area contributed by atoms with Gasteiger partial charge in [-0.15, -0.1) is 5.10 Å². The van der Waals surface area contributed by atoms with Crippen LogP contribution in [0.15, 0.2) is 54.6 Å². The molecule has 0 aliphatic carbocycles. The highest BCUT2D eigenvalue weighted by molar-refractivity contribution is 7.09. The van der Waals surface area contributed by atoms with Crippen LogP contribution in [-0.2, 0) is 6.42 Å². The lowest BCUT2D eigenvalue weighted by molar-refractivity contribution is 1.02. The van der Waals surface area contributed by atoms with E-state index in [1.165, 1.54) is 34.2 Å². The molecule has 0 atom stereocenters. The van der Waals surface area contributed by atoms with Crippen molar-refractivity contribution >= 4 is 23.1 Å². The van der Waals surface area contributed by atoms with Gasteiger partial charge in [0.2, 0.25) is 0 Å². The largest absolute Gasteiger partial charge is 0.220 e. The van der Waals surface area contributed by atoms with Gasteiger partial charge >= 0.3 is 0 Å². The molecule has 0 unspecified atom stereocenters. The van der Waals surface area contributed by atoms with E-state index in [-0.39, 0.29) is 0 Å². The normalized spacial score (nSPS) is 10.9. The summed E-state index contributed by atoms with van der Waals surface area (Å²) in [6.07, 6.45) is 0.768. The lowest BCUT2D eigenvalue weighted by atomic mass is 10.0. The van der Waals surface area contributed by atoms with Crippen LogP contribution in [0.4, 0.5) is 0 Å². The van der Waals surface area contributed by atoms with E-state index in [0.717, 1.165) is 33.4 Å². The highest BCUT2D eigenvalue weighted by Crippen LogP contribution is 2.28. The second-order valence-electron chi connectivity index (χ2n) is 5.43. The Morgan fingerprint density at radius 1 is 0.875 bits per heavy atom. The Labute approximate surface area is 148 Å². The molecule has 0 spiro atoms. The number of aromatic nitrogens is 4. The lowest BCUT2D eigenvalue weighted by Gasteiger charge is -2.03. The summed E-state index contributed by atoms with van der Waals surface area (Å²) in [5.41, 5.74) is 4.43. The Bertz CT molecular complexity index is 943. The molecule has 118 valence electrons. The van der Waals surface area contributed by atoms with E-state index in [1.807, 2.05) is 25.1 Å². The van der Waals surface area contributed by atoms with Gasteiger partial charge in [-0.25, -0.2) is 4.98 Å². The number of nitrogens with zero attached hydrogens (tertiary/aromatic N) is 4. The standard InChI is InChI=1S/C18H14N4S2/c1-12-19-18(21-23-12)15-9-7-13(8-10-15)11-16-17(24-22-20-16)14-5-3-2-4-6-14/h2-10H,11H2,1H3. The molecule has 6 heteroatoms. The van der Waals surface area contributed by atoms with Gasteiger partial charge in [0, 0.05) is 12.0 Å². The number of rotatable bonds is 4. The summed E-state index contributed by atoms with van der Waals surface area (Å²) < 4.78 is 8.49. The zero-order valence-electron chi connectivity index (χ0n) is 13.0. The van der Waals surface area contributed by atoms with Gasteiger partial charge in [-0.3, -0.25) is 0 Å². The van der Waals surface area contributed by atoms with Crippen molar-refractivity contribution in [3.8, 4) is 21.8 Å². The summed E-state index contributed by atoms with van der Waals surface area (Å²) in [7, 11) is 0. The highest BCUT2D eigenvalue weighted by atomic mass is 32.1. The Kier molecular flexibility index (Phi) is 4.15. The van der Waals surface area contributed by atoms with Crippen molar-refractivity contribution in [1.29, 1.82) is 0 Å². The monoisotopic (exact) mass is 350 g/mol. The first kappa shape index (κ1) is 15.1. The summed E-state index contributed by atoms with van der Waals surface area (Å²) in [5.74, 6) is 0.796. The lowest BCUT2D eigenvalue weighted by Crippen LogP contribution is -1.92. The van der Waals surface area contributed by atoms with Gasteiger partial charge < -0.3 is 0 Å². The van der Waals surface area contributed by atoms with Crippen LogP contribution in [0.1, 0.15) is 16.3 Å². The fraction of sp³-hybridized carbons (Fsp3) is 0.111. The second-order valence-corrected chi connectivity index (χ2v) is 7.14. The zero-order valence-corrected chi connectivity index (χ0v) is 14.6. The molecule has 0 aliphatic heterocycles. The molecule has 0 saturated heterocycles. The van der Waals surface area contributed by atoms with Crippen molar-refractivity contribution in [2.24, 2.45) is 0 Å². The third-order valence-corrected chi connectivity index (χ3v) is 5.14. The Morgan fingerprint density at radius 3 is 2.38 bits per heavy atom. The first-order valence-electron chi connectivity index (χ1n) is 7.56. The molecule has 2 aromatic carbocycles. The molecule has 2 heterocycles. The van der Waals surface area contributed by atoms with E-state index in [0.29, 0.717) is 0 Å². The van der Waals surface area contributed by atoms with Gasteiger partial charge in [0.05, 0.1) is 10.6 Å². The van der Waals surface area contributed by atoms with Crippen LogP contribution >= 0.6 is 23.1 Å². The minimum atomic E-state index is 0.768. The molecule has 0 saturated carbocycles. The molecule has 4 rings (SSSR count). The number of benzene rings is 2. The Balaban J connectivity index is 1.57. The van der Waals surface area contributed by atoms with Crippen molar-refractivity contribution in [1.82, 2.24) is 18.9 Å². The van der Waals surface area contributed by atoms with Crippen molar-refractivity contribution in [3.05, 3.63) is 70.9 Å². The van der Waals surface area contributed by atoms with Crippen molar-refractivity contribution in [3.63, 3.8) is 0 Å². The van der Waals surface area contributed by atoms with Crippen LogP contribution in [0.2, 0.25) is 0 Å². The SMILES string of the molecule is Cc1nc(-c2ccc(Cc3nnsc3-c3ccccc3)cc2)ns1. The topological polar surface area (TPSA) is 51.6 Å². The summed E-state index contributed by atoms with van der Waals surface area (Å²) in [5, 5.41) is 5.30. The summed E-state index contributed by atoms with van der Waals surface area (Å²) in [4.78, 5) is 5.56. The smallest absolute Gasteiger partial charge is 0.173 e. The number of hydrogen-bond donors (Lipinski definition) is 0. The Morgan fingerprint density at radius 2 is 1.67 bits per heavy atom. The van der Waals surface area contributed by atoms with E-state index in [2.05, 4.69) is 55.3 Å². The fourth-order valence-corrected chi connectivity index (χ4v) is 3.69.